The second-order valence-electron chi connectivity index (χ2n) is 7.54. The number of ether oxygens (including phenoxy) is 4. The minimum Gasteiger partial charge on any atom is -0.493 e. The van der Waals surface area contributed by atoms with Crippen LogP contribution < -0.4 is 24.3 Å². The van der Waals surface area contributed by atoms with Crippen molar-refractivity contribution in [3.05, 3.63) is 47.0 Å². The molecule has 0 saturated carbocycles. The molecule has 0 radical (unpaired) electrons. The van der Waals surface area contributed by atoms with E-state index in [-0.39, 0.29) is 11.6 Å². The first kappa shape index (κ1) is 19.4. The van der Waals surface area contributed by atoms with Gasteiger partial charge in [-0.15, -0.1) is 0 Å². The van der Waals surface area contributed by atoms with E-state index in [0.29, 0.717) is 17.2 Å². The van der Waals surface area contributed by atoms with Crippen molar-refractivity contribution in [2.45, 2.75) is 45.4 Å². The van der Waals surface area contributed by atoms with Gasteiger partial charge in [-0.05, 0) is 55.7 Å². The van der Waals surface area contributed by atoms with Crippen molar-refractivity contribution in [1.29, 1.82) is 0 Å². The van der Waals surface area contributed by atoms with E-state index in [4.69, 9.17) is 18.9 Å². The maximum absolute atomic E-state index is 5.96. The predicted octanol–water partition coefficient (Wildman–Crippen LogP) is 4.28. The van der Waals surface area contributed by atoms with Gasteiger partial charge in [-0.2, -0.15) is 0 Å². The maximum atomic E-state index is 5.96. The van der Waals surface area contributed by atoms with Crippen molar-refractivity contribution in [3.8, 4) is 23.0 Å². The van der Waals surface area contributed by atoms with Crippen LogP contribution in [0, 0.1) is 0 Å². The van der Waals surface area contributed by atoms with Crippen LogP contribution in [-0.2, 0) is 13.0 Å². The Morgan fingerprint density at radius 1 is 1.04 bits per heavy atom. The van der Waals surface area contributed by atoms with Crippen molar-refractivity contribution in [1.82, 2.24) is 5.32 Å². The van der Waals surface area contributed by atoms with E-state index in [2.05, 4.69) is 44.3 Å². The molecule has 5 nitrogen and oxygen atoms in total. The highest BCUT2D eigenvalue weighted by molar-refractivity contribution is 5.54. The first-order valence-electron chi connectivity index (χ1n) is 9.21. The van der Waals surface area contributed by atoms with E-state index in [0.717, 1.165) is 24.3 Å². The van der Waals surface area contributed by atoms with Crippen LogP contribution in [0.3, 0.4) is 0 Å². The largest absolute Gasteiger partial charge is 0.493 e. The number of fused-ring (bicyclic) bond motifs is 1. The zero-order valence-electron chi connectivity index (χ0n) is 17.0. The van der Waals surface area contributed by atoms with Crippen molar-refractivity contribution >= 4 is 0 Å². The van der Waals surface area contributed by atoms with Crippen LogP contribution >= 0.6 is 0 Å². The van der Waals surface area contributed by atoms with Crippen LogP contribution in [0.2, 0.25) is 0 Å². The van der Waals surface area contributed by atoms with Crippen molar-refractivity contribution in [2.75, 3.05) is 21.3 Å². The quantitative estimate of drug-likeness (QED) is 0.787. The van der Waals surface area contributed by atoms with Crippen LogP contribution in [-0.4, -0.2) is 26.9 Å². The third-order valence-electron chi connectivity index (χ3n) is 4.93. The van der Waals surface area contributed by atoms with E-state index in [1.165, 1.54) is 11.1 Å². The molecule has 0 spiro atoms. The SMILES string of the molecule is COc1cc(C(C)NCc2ccc3c(c2)CC(C)(C)O3)cc(OC)c1OC. The summed E-state index contributed by atoms with van der Waals surface area (Å²) in [5.74, 6) is 2.94. The highest BCUT2D eigenvalue weighted by atomic mass is 16.5. The summed E-state index contributed by atoms with van der Waals surface area (Å²) >= 11 is 0. The van der Waals surface area contributed by atoms with Gasteiger partial charge < -0.3 is 24.3 Å². The molecule has 2 aromatic carbocycles. The second kappa shape index (κ2) is 7.69. The van der Waals surface area contributed by atoms with Crippen molar-refractivity contribution in [3.63, 3.8) is 0 Å². The molecule has 2 aromatic rings. The Hall–Kier alpha value is -2.40. The van der Waals surface area contributed by atoms with Gasteiger partial charge in [0.05, 0.1) is 21.3 Å². The summed E-state index contributed by atoms with van der Waals surface area (Å²) in [5.41, 5.74) is 3.49. The zero-order valence-corrected chi connectivity index (χ0v) is 17.0. The highest BCUT2D eigenvalue weighted by Gasteiger charge is 2.29. The summed E-state index contributed by atoms with van der Waals surface area (Å²) in [6.07, 6.45) is 0.943. The zero-order chi connectivity index (χ0) is 19.6. The number of benzene rings is 2. The van der Waals surface area contributed by atoms with Gasteiger partial charge in [0.2, 0.25) is 5.75 Å². The molecule has 0 aliphatic carbocycles. The van der Waals surface area contributed by atoms with Crippen LogP contribution in [0.15, 0.2) is 30.3 Å². The van der Waals surface area contributed by atoms with E-state index in [1.807, 2.05) is 12.1 Å². The number of hydrogen-bond acceptors (Lipinski definition) is 5. The molecule has 0 saturated heterocycles. The monoisotopic (exact) mass is 371 g/mol. The molecule has 5 heteroatoms. The van der Waals surface area contributed by atoms with Crippen LogP contribution in [0.5, 0.6) is 23.0 Å². The summed E-state index contributed by atoms with van der Waals surface area (Å²) in [4.78, 5) is 0. The molecule has 27 heavy (non-hydrogen) atoms. The lowest BCUT2D eigenvalue weighted by Gasteiger charge is -2.19. The summed E-state index contributed by atoms with van der Waals surface area (Å²) < 4.78 is 22.3. The topological polar surface area (TPSA) is 49.0 Å². The number of hydrogen-bond donors (Lipinski definition) is 1. The Morgan fingerprint density at radius 2 is 1.70 bits per heavy atom. The van der Waals surface area contributed by atoms with Gasteiger partial charge >= 0.3 is 0 Å². The average molecular weight is 371 g/mol. The first-order valence-corrected chi connectivity index (χ1v) is 9.21. The molecule has 1 aliphatic heterocycles. The third-order valence-corrected chi connectivity index (χ3v) is 4.93. The molecular formula is C22H29NO4. The summed E-state index contributed by atoms with van der Waals surface area (Å²) in [6.45, 7) is 7.14. The van der Waals surface area contributed by atoms with E-state index >= 15 is 0 Å². The molecule has 1 atom stereocenters. The Bertz CT molecular complexity index is 791. The van der Waals surface area contributed by atoms with Gasteiger partial charge in [0, 0.05) is 19.0 Å². The first-order chi connectivity index (χ1) is 12.9. The molecular weight excluding hydrogens is 342 g/mol. The number of methoxy groups -OCH3 is 3. The Balaban J connectivity index is 1.72. The normalized spacial score (nSPS) is 15.6. The molecule has 1 heterocycles. The maximum Gasteiger partial charge on any atom is 0.203 e. The van der Waals surface area contributed by atoms with Crippen LogP contribution in [0.1, 0.15) is 43.5 Å². The highest BCUT2D eigenvalue weighted by Crippen LogP contribution is 2.40. The minimum atomic E-state index is -0.113. The number of rotatable bonds is 7. The molecule has 0 aromatic heterocycles. The van der Waals surface area contributed by atoms with Gasteiger partial charge in [-0.3, -0.25) is 0 Å². The Labute approximate surface area is 161 Å². The Kier molecular flexibility index (Phi) is 5.51. The summed E-state index contributed by atoms with van der Waals surface area (Å²) in [7, 11) is 4.88. The van der Waals surface area contributed by atoms with E-state index in [1.54, 1.807) is 21.3 Å². The van der Waals surface area contributed by atoms with Gasteiger partial charge in [-0.25, -0.2) is 0 Å². The lowest BCUT2D eigenvalue weighted by Crippen LogP contribution is -2.24. The fourth-order valence-corrected chi connectivity index (χ4v) is 3.51. The molecule has 146 valence electrons. The molecule has 3 rings (SSSR count). The van der Waals surface area contributed by atoms with Crippen LogP contribution in [0.25, 0.3) is 0 Å². The van der Waals surface area contributed by atoms with Crippen LogP contribution in [0.4, 0.5) is 0 Å². The van der Waals surface area contributed by atoms with Gasteiger partial charge in [-0.1, -0.05) is 12.1 Å². The molecule has 0 amide bonds. The van der Waals surface area contributed by atoms with Crippen molar-refractivity contribution in [2.24, 2.45) is 0 Å². The van der Waals surface area contributed by atoms with Gasteiger partial charge in [0.25, 0.3) is 0 Å². The molecule has 1 aliphatic rings. The molecule has 0 fully saturated rings. The summed E-state index contributed by atoms with van der Waals surface area (Å²) in [5, 5.41) is 3.57. The second-order valence-corrected chi connectivity index (χ2v) is 7.54. The van der Waals surface area contributed by atoms with E-state index < -0.39 is 0 Å². The smallest absolute Gasteiger partial charge is 0.203 e. The van der Waals surface area contributed by atoms with Crippen molar-refractivity contribution < 1.29 is 18.9 Å². The summed E-state index contributed by atoms with van der Waals surface area (Å²) in [6, 6.07) is 10.5. The van der Waals surface area contributed by atoms with Gasteiger partial charge in [0.15, 0.2) is 11.5 Å². The lowest BCUT2D eigenvalue weighted by atomic mass is 10.00. The molecule has 1 unspecified atom stereocenters. The molecule has 0 bridgehead atoms. The van der Waals surface area contributed by atoms with E-state index in [9.17, 15) is 0 Å². The lowest BCUT2D eigenvalue weighted by molar-refractivity contribution is 0.138. The standard InChI is InChI=1S/C22H29NO4/c1-14(16-10-19(24-4)21(26-6)20(11-16)25-5)23-13-15-7-8-18-17(9-15)12-22(2,3)27-18/h7-11,14,23H,12-13H2,1-6H3. The number of nitrogens with one attached hydrogen (secondary N) is 1. The predicted molar refractivity (Wildman–Crippen MR) is 106 cm³/mol. The average Bonchev–Trinajstić information content (AvgIpc) is 2.97. The fourth-order valence-electron chi connectivity index (χ4n) is 3.51. The Morgan fingerprint density at radius 3 is 2.30 bits per heavy atom. The fraction of sp³-hybridized carbons (Fsp3) is 0.455. The minimum absolute atomic E-state index is 0.113. The molecule has 1 N–H and O–H groups in total. The third kappa shape index (κ3) is 4.14. The van der Waals surface area contributed by atoms with Gasteiger partial charge in [0.1, 0.15) is 11.4 Å².